The van der Waals surface area contributed by atoms with Gasteiger partial charge in [0.2, 0.25) is 15.8 Å². The number of aliphatic hydroxyl groups excluding tert-OH is 2. The zero-order valence-electron chi connectivity index (χ0n) is 18.6. The zero-order valence-corrected chi connectivity index (χ0v) is 19.4. The van der Waals surface area contributed by atoms with Crippen LogP contribution in [-0.2, 0) is 10.0 Å². The van der Waals surface area contributed by atoms with Crippen molar-refractivity contribution in [2.24, 2.45) is 0 Å². The highest BCUT2D eigenvalue weighted by Crippen LogP contribution is 2.30. The molecule has 3 aromatic rings. The molecule has 1 atom stereocenters. The second-order valence-corrected chi connectivity index (χ2v) is 10.0. The van der Waals surface area contributed by atoms with Crippen LogP contribution in [0.4, 0.5) is 10.1 Å². The molecule has 0 aliphatic carbocycles. The SMILES string of the molecule is Cc1ccc(C(=O)c2[nH]c(C(C)c3ccc(NS(=O)(=O)C(CO)CO)cc3F)cc2C)cc1. The predicted octanol–water partition coefficient (Wildman–Crippen LogP) is 3.25. The Hall–Kier alpha value is -3.01. The van der Waals surface area contributed by atoms with Gasteiger partial charge in [-0.3, -0.25) is 9.52 Å². The van der Waals surface area contributed by atoms with Crippen LogP contribution in [0.15, 0.2) is 48.5 Å². The van der Waals surface area contributed by atoms with Gasteiger partial charge in [0, 0.05) is 17.2 Å². The van der Waals surface area contributed by atoms with E-state index in [1.54, 1.807) is 32.0 Å². The van der Waals surface area contributed by atoms with E-state index in [9.17, 15) is 17.6 Å². The van der Waals surface area contributed by atoms with Crippen LogP contribution in [0.3, 0.4) is 0 Å². The molecule has 9 heteroatoms. The molecule has 1 unspecified atom stereocenters. The summed E-state index contributed by atoms with van der Waals surface area (Å²) in [4.78, 5) is 16.0. The molecule has 7 nitrogen and oxygen atoms in total. The second-order valence-electron chi connectivity index (χ2n) is 8.07. The Bertz CT molecular complexity index is 1250. The molecule has 2 aromatic carbocycles. The van der Waals surface area contributed by atoms with E-state index in [0.29, 0.717) is 22.5 Å². The van der Waals surface area contributed by atoms with Crippen LogP contribution in [0.2, 0.25) is 0 Å². The van der Waals surface area contributed by atoms with Gasteiger partial charge < -0.3 is 15.2 Å². The maximum Gasteiger partial charge on any atom is 0.240 e. The number of nitrogens with one attached hydrogen (secondary N) is 2. The van der Waals surface area contributed by atoms with Crippen molar-refractivity contribution < 1.29 is 27.8 Å². The number of carbonyl (C=O) groups excluding carboxylic acids is 1. The van der Waals surface area contributed by atoms with E-state index >= 15 is 0 Å². The fraction of sp³-hybridized carbons (Fsp3) is 0.292. The highest BCUT2D eigenvalue weighted by atomic mass is 32.2. The number of ketones is 1. The van der Waals surface area contributed by atoms with Gasteiger partial charge in [-0.2, -0.15) is 0 Å². The van der Waals surface area contributed by atoms with Gasteiger partial charge in [0.05, 0.1) is 24.6 Å². The number of H-pyrrole nitrogens is 1. The number of aliphatic hydroxyl groups is 2. The third-order valence-corrected chi connectivity index (χ3v) is 7.31. The number of rotatable bonds is 9. The summed E-state index contributed by atoms with van der Waals surface area (Å²) < 4.78 is 41.4. The summed E-state index contributed by atoms with van der Waals surface area (Å²) in [6, 6.07) is 13.0. The Balaban J connectivity index is 1.84. The van der Waals surface area contributed by atoms with Crippen LogP contribution in [0.1, 0.15) is 51.3 Å². The lowest BCUT2D eigenvalue weighted by Gasteiger charge is -2.16. The first-order valence-electron chi connectivity index (χ1n) is 10.4. The van der Waals surface area contributed by atoms with E-state index in [2.05, 4.69) is 9.71 Å². The van der Waals surface area contributed by atoms with Crippen LogP contribution in [0.5, 0.6) is 0 Å². The fourth-order valence-electron chi connectivity index (χ4n) is 3.51. The number of sulfonamides is 1. The summed E-state index contributed by atoms with van der Waals surface area (Å²) in [6.07, 6.45) is 0. The average molecular weight is 475 g/mol. The van der Waals surface area contributed by atoms with Crippen LogP contribution < -0.4 is 4.72 Å². The number of benzene rings is 2. The first kappa shape index (κ1) is 24.6. The number of halogens is 1. The normalized spacial score (nSPS) is 12.7. The van der Waals surface area contributed by atoms with E-state index in [1.807, 2.05) is 19.1 Å². The molecule has 0 spiro atoms. The average Bonchev–Trinajstić information content (AvgIpc) is 3.15. The summed E-state index contributed by atoms with van der Waals surface area (Å²) >= 11 is 0. The standard InChI is InChI=1S/C24H27FN2O5S/c1-14-4-6-17(7-5-14)24(30)23-15(2)10-22(26-23)16(3)20-9-8-18(11-21(20)25)27-33(31,32)19(12-28)13-29/h4-11,16,19,26-29H,12-13H2,1-3H3. The third kappa shape index (κ3) is 5.32. The molecule has 0 aliphatic heterocycles. The highest BCUT2D eigenvalue weighted by molar-refractivity contribution is 7.93. The van der Waals surface area contributed by atoms with Crippen molar-refractivity contribution in [1.82, 2.24) is 4.98 Å². The smallest absolute Gasteiger partial charge is 0.240 e. The quantitative estimate of drug-likeness (QED) is 0.355. The molecule has 176 valence electrons. The Morgan fingerprint density at radius 1 is 1.06 bits per heavy atom. The van der Waals surface area contributed by atoms with Gasteiger partial charge in [-0.1, -0.05) is 42.8 Å². The van der Waals surface area contributed by atoms with E-state index in [0.717, 1.165) is 17.2 Å². The minimum absolute atomic E-state index is 0.0201. The number of aromatic amines is 1. The maximum atomic E-state index is 14.9. The van der Waals surface area contributed by atoms with Gasteiger partial charge in [-0.25, -0.2) is 12.8 Å². The van der Waals surface area contributed by atoms with Crippen molar-refractivity contribution in [3.8, 4) is 0 Å². The molecule has 1 heterocycles. The van der Waals surface area contributed by atoms with E-state index in [-0.39, 0.29) is 11.5 Å². The molecule has 0 amide bonds. The van der Waals surface area contributed by atoms with Crippen molar-refractivity contribution in [3.05, 3.63) is 88.0 Å². The number of hydrogen-bond acceptors (Lipinski definition) is 5. The minimum Gasteiger partial charge on any atom is -0.395 e. The van der Waals surface area contributed by atoms with Crippen molar-refractivity contribution >= 4 is 21.5 Å². The number of aryl methyl sites for hydroxylation is 2. The maximum absolute atomic E-state index is 14.9. The van der Waals surface area contributed by atoms with Gasteiger partial charge in [-0.15, -0.1) is 0 Å². The van der Waals surface area contributed by atoms with Crippen molar-refractivity contribution in [2.45, 2.75) is 31.9 Å². The Morgan fingerprint density at radius 2 is 1.70 bits per heavy atom. The first-order chi connectivity index (χ1) is 15.6. The van der Waals surface area contributed by atoms with Gasteiger partial charge in [0.25, 0.3) is 0 Å². The fourth-order valence-corrected chi connectivity index (χ4v) is 4.53. The molecule has 0 bridgehead atoms. The van der Waals surface area contributed by atoms with Crippen LogP contribution in [0.25, 0.3) is 0 Å². The first-order valence-corrected chi connectivity index (χ1v) is 12.0. The number of aromatic nitrogens is 1. The molecule has 1 aromatic heterocycles. The van der Waals surface area contributed by atoms with E-state index in [4.69, 9.17) is 10.2 Å². The lowest BCUT2D eigenvalue weighted by molar-refractivity contribution is 0.103. The molecular formula is C24H27FN2O5S. The summed E-state index contributed by atoms with van der Waals surface area (Å²) in [5, 5.41) is 16.8. The summed E-state index contributed by atoms with van der Waals surface area (Å²) in [7, 11) is -4.08. The number of anilines is 1. The summed E-state index contributed by atoms with van der Waals surface area (Å²) in [5.74, 6) is -1.22. The minimum atomic E-state index is -4.08. The van der Waals surface area contributed by atoms with Gasteiger partial charge >= 0.3 is 0 Å². The molecule has 3 rings (SSSR count). The molecule has 0 saturated carbocycles. The van der Waals surface area contributed by atoms with Gasteiger partial charge in [0.15, 0.2) is 0 Å². The van der Waals surface area contributed by atoms with E-state index in [1.165, 1.54) is 12.1 Å². The van der Waals surface area contributed by atoms with Gasteiger partial charge in [-0.05, 0) is 43.2 Å². The Labute approximate surface area is 192 Å². The van der Waals surface area contributed by atoms with Crippen LogP contribution in [0, 0.1) is 19.7 Å². The molecule has 4 N–H and O–H groups in total. The van der Waals surface area contributed by atoms with Crippen LogP contribution >= 0.6 is 0 Å². The van der Waals surface area contributed by atoms with Crippen LogP contribution in [-0.4, -0.2) is 47.9 Å². The molecule has 0 aliphatic rings. The molecule has 0 saturated heterocycles. The number of carbonyl (C=O) groups is 1. The zero-order chi connectivity index (χ0) is 24.3. The molecular weight excluding hydrogens is 447 g/mol. The lowest BCUT2D eigenvalue weighted by atomic mass is 9.97. The topological polar surface area (TPSA) is 119 Å². The number of hydrogen-bond donors (Lipinski definition) is 4. The molecule has 0 fully saturated rings. The third-order valence-electron chi connectivity index (χ3n) is 5.62. The van der Waals surface area contributed by atoms with Crippen molar-refractivity contribution in [3.63, 3.8) is 0 Å². The summed E-state index contributed by atoms with van der Waals surface area (Å²) in [5.41, 5.74) is 3.72. The Morgan fingerprint density at radius 3 is 2.27 bits per heavy atom. The summed E-state index contributed by atoms with van der Waals surface area (Å²) in [6.45, 7) is 4.00. The monoisotopic (exact) mass is 474 g/mol. The highest BCUT2D eigenvalue weighted by Gasteiger charge is 2.25. The Kier molecular flexibility index (Phi) is 7.36. The molecule has 0 radical (unpaired) electrons. The second kappa shape index (κ2) is 9.86. The van der Waals surface area contributed by atoms with Crippen molar-refractivity contribution in [1.29, 1.82) is 0 Å². The predicted molar refractivity (Wildman–Crippen MR) is 125 cm³/mol. The largest absolute Gasteiger partial charge is 0.395 e. The van der Waals surface area contributed by atoms with E-state index < -0.39 is 40.2 Å². The molecule has 33 heavy (non-hydrogen) atoms. The van der Waals surface area contributed by atoms with Crippen molar-refractivity contribution in [2.75, 3.05) is 17.9 Å². The lowest BCUT2D eigenvalue weighted by Crippen LogP contribution is -2.33. The van der Waals surface area contributed by atoms with Gasteiger partial charge in [0.1, 0.15) is 11.1 Å².